The Morgan fingerprint density at radius 1 is 0.432 bits per heavy atom. The molecule has 4 aromatic rings. The van der Waals surface area contributed by atoms with Gasteiger partial charge in [-0.1, -0.05) is 68.3 Å². The first-order valence-corrected chi connectivity index (χ1v) is 16.6. The number of hydrogen-bond donors (Lipinski definition) is 0. The molecule has 0 aliphatic rings. The van der Waals surface area contributed by atoms with Gasteiger partial charge in [0.05, 0.1) is 52.2 Å². The lowest BCUT2D eigenvalue weighted by atomic mass is 10.0. The molecule has 0 fully saturated rings. The second-order valence-electron chi connectivity index (χ2n) is 7.42. The van der Waals surface area contributed by atoms with Gasteiger partial charge in [-0.2, -0.15) is 0 Å². The fraction of sp³-hybridized carbons (Fsp3) is 0.0769. The van der Waals surface area contributed by atoms with E-state index in [1.165, 1.54) is 0 Å². The molecule has 0 saturated heterocycles. The standard InChI is InChI=1S/C26H14Br8O3/c1-35-23-15(11-7-3-5-9-13(11)27)25(21(33)17(29)19(23)31)37-26-16(12-8-4-6-10-14(12)28)24(36-2)20(32)18(30)22(26)34/h3-10H,1-2H3. The Morgan fingerprint density at radius 3 is 1.08 bits per heavy atom. The first-order chi connectivity index (χ1) is 17.6. The van der Waals surface area contributed by atoms with Crippen molar-refractivity contribution in [3.05, 3.63) is 84.3 Å². The van der Waals surface area contributed by atoms with Crippen molar-refractivity contribution in [3.8, 4) is 45.3 Å². The van der Waals surface area contributed by atoms with Crippen molar-refractivity contribution in [2.45, 2.75) is 0 Å². The minimum atomic E-state index is 0.545. The molecule has 0 N–H and O–H groups in total. The second kappa shape index (κ2) is 12.7. The Hall–Kier alpha value is 0.120. The summed E-state index contributed by atoms with van der Waals surface area (Å²) in [4.78, 5) is 0. The van der Waals surface area contributed by atoms with Gasteiger partial charge in [-0.3, -0.25) is 0 Å². The van der Waals surface area contributed by atoms with Gasteiger partial charge in [0.25, 0.3) is 0 Å². The van der Waals surface area contributed by atoms with Crippen LogP contribution in [0, 0.1) is 0 Å². The van der Waals surface area contributed by atoms with E-state index in [0.717, 1.165) is 49.1 Å². The summed E-state index contributed by atoms with van der Waals surface area (Å²) < 4.78 is 24.8. The fourth-order valence-electron chi connectivity index (χ4n) is 3.73. The molecule has 0 aliphatic heterocycles. The number of benzene rings is 4. The number of rotatable bonds is 6. The topological polar surface area (TPSA) is 27.7 Å². The van der Waals surface area contributed by atoms with Crippen LogP contribution >= 0.6 is 127 Å². The molecule has 192 valence electrons. The maximum Gasteiger partial charge on any atom is 0.154 e. The van der Waals surface area contributed by atoms with Crippen molar-refractivity contribution < 1.29 is 14.2 Å². The second-order valence-corrected chi connectivity index (χ2v) is 13.9. The normalized spacial score (nSPS) is 11.0. The highest BCUT2D eigenvalue weighted by molar-refractivity contribution is 9.15. The van der Waals surface area contributed by atoms with Crippen molar-refractivity contribution in [1.29, 1.82) is 0 Å². The van der Waals surface area contributed by atoms with Gasteiger partial charge in [0.15, 0.2) is 11.5 Å². The zero-order valence-corrected chi connectivity index (χ0v) is 31.6. The van der Waals surface area contributed by atoms with Crippen LogP contribution in [0.15, 0.2) is 84.3 Å². The van der Waals surface area contributed by atoms with Gasteiger partial charge in [0.2, 0.25) is 0 Å². The minimum absolute atomic E-state index is 0.545. The largest absolute Gasteiger partial charge is 0.495 e. The van der Waals surface area contributed by atoms with E-state index in [-0.39, 0.29) is 0 Å². The molecule has 0 aromatic heterocycles. The third-order valence-corrected chi connectivity index (χ3v) is 13.5. The van der Waals surface area contributed by atoms with Crippen LogP contribution in [0.4, 0.5) is 0 Å². The first-order valence-electron chi connectivity index (χ1n) is 10.3. The Labute approximate surface area is 282 Å². The predicted octanol–water partition coefficient (Wildman–Crippen LogP) is 12.9. The van der Waals surface area contributed by atoms with E-state index >= 15 is 0 Å². The zero-order valence-electron chi connectivity index (χ0n) is 18.9. The summed E-state index contributed by atoms with van der Waals surface area (Å²) >= 11 is 29.7. The van der Waals surface area contributed by atoms with Crippen molar-refractivity contribution in [2.24, 2.45) is 0 Å². The van der Waals surface area contributed by atoms with Crippen LogP contribution in [0.5, 0.6) is 23.0 Å². The van der Waals surface area contributed by atoms with E-state index < -0.39 is 0 Å². The molecular formula is C26H14Br8O3. The van der Waals surface area contributed by atoms with E-state index in [1.54, 1.807) is 14.2 Å². The molecule has 0 amide bonds. The fourth-order valence-corrected chi connectivity index (χ4v) is 8.02. The predicted molar refractivity (Wildman–Crippen MR) is 179 cm³/mol. The summed E-state index contributed by atoms with van der Waals surface area (Å²) in [7, 11) is 3.26. The maximum atomic E-state index is 6.88. The Balaban J connectivity index is 2.14. The highest BCUT2D eigenvalue weighted by atomic mass is 79.9. The SMILES string of the molecule is COc1c(Br)c(Br)c(Br)c(Oc2c(Br)c(Br)c(Br)c(OC)c2-c2ccccc2Br)c1-c1ccccc1Br. The molecule has 0 saturated carbocycles. The molecule has 0 unspecified atom stereocenters. The number of halogens is 8. The molecule has 37 heavy (non-hydrogen) atoms. The maximum absolute atomic E-state index is 6.88. The van der Waals surface area contributed by atoms with Crippen LogP contribution in [-0.4, -0.2) is 14.2 Å². The molecule has 11 heteroatoms. The van der Waals surface area contributed by atoms with E-state index in [4.69, 9.17) is 14.2 Å². The van der Waals surface area contributed by atoms with Gasteiger partial charge in [0, 0.05) is 20.1 Å². The molecular weight excluding hydrogens is 1000 g/mol. The van der Waals surface area contributed by atoms with Crippen LogP contribution < -0.4 is 14.2 Å². The summed E-state index contributed by atoms with van der Waals surface area (Å²) in [5.41, 5.74) is 3.29. The number of ether oxygens (including phenoxy) is 3. The van der Waals surface area contributed by atoms with E-state index in [0.29, 0.717) is 31.9 Å². The van der Waals surface area contributed by atoms with E-state index in [9.17, 15) is 0 Å². The lowest BCUT2D eigenvalue weighted by Crippen LogP contribution is -2.01. The van der Waals surface area contributed by atoms with Crippen LogP contribution in [0.2, 0.25) is 0 Å². The van der Waals surface area contributed by atoms with Gasteiger partial charge in [-0.15, -0.1) is 0 Å². The lowest BCUT2D eigenvalue weighted by molar-refractivity contribution is 0.402. The van der Waals surface area contributed by atoms with Crippen LogP contribution in [-0.2, 0) is 0 Å². The smallest absolute Gasteiger partial charge is 0.154 e. The summed E-state index contributed by atoms with van der Waals surface area (Å²) in [5, 5.41) is 0. The highest BCUT2D eigenvalue weighted by Crippen LogP contribution is 2.58. The molecule has 0 radical (unpaired) electrons. The number of methoxy groups -OCH3 is 2. The molecule has 0 spiro atoms. The molecule has 0 heterocycles. The summed E-state index contributed by atoms with van der Waals surface area (Å²) in [6.07, 6.45) is 0. The van der Waals surface area contributed by atoms with Gasteiger partial charge >= 0.3 is 0 Å². The quantitative estimate of drug-likeness (QED) is 0.180. The Morgan fingerprint density at radius 2 is 0.757 bits per heavy atom. The van der Waals surface area contributed by atoms with Crippen LogP contribution in [0.1, 0.15) is 0 Å². The van der Waals surface area contributed by atoms with Crippen molar-refractivity contribution in [1.82, 2.24) is 0 Å². The van der Waals surface area contributed by atoms with Gasteiger partial charge < -0.3 is 14.2 Å². The number of hydrogen-bond acceptors (Lipinski definition) is 3. The average molecular weight is 1010 g/mol. The molecule has 0 bridgehead atoms. The molecule has 3 nitrogen and oxygen atoms in total. The van der Waals surface area contributed by atoms with Crippen molar-refractivity contribution >= 4 is 127 Å². The van der Waals surface area contributed by atoms with Crippen molar-refractivity contribution in [2.75, 3.05) is 14.2 Å². The first kappa shape index (κ1) is 30.1. The van der Waals surface area contributed by atoms with Crippen molar-refractivity contribution in [3.63, 3.8) is 0 Å². The summed E-state index contributed by atoms with van der Waals surface area (Å²) in [6, 6.07) is 15.8. The highest BCUT2D eigenvalue weighted by Gasteiger charge is 2.30. The summed E-state index contributed by atoms with van der Waals surface area (Å²) in [5.74, 6) is 2.31. The van der Waals surface area contributed by atoms with Gasteiger partial charge in [0.1, 0.15) is 11.5 Å². The monoisotopic (exact) mass is 1010 g/mol. The van der Waals surface area contributed by atoms with Crippen LogP contribution in [0.3, 0.4) is 0 Å². The van der Waals surface area contributed by atoms with E-state index in [1.807, 2.05) is 48.5 Å². The van der Waals surface area contributed by atoms with Gasteiger partial charge in [-0.05, 0) is 108 Å². The summed E-state index contributed by atoms with van der Waals surface area (Å²) in [6.45, 7) is 0. The van der Waals surface area contributed by atoms with E-state index in [2.05, 4.69) is 127 Å². The third-order valence-electron chi connectivity index (χ3n) is 5.38. The zero-order chi connectivity index (χ0) is 27.0. The molecule has 0 atom stereocenters. The lowest BCUT2D eigenvalue weighted by Gasteiger charge is -2.24. The molecule has 4 aromatic carbocycles. The van der Waals surface area contributed by atoms with Crippen LogP contribution in [0.25, 0.3) is 22.3 Å². The molecule has 0 aliphatic carbocycles. The Kier molecular flexibility index (Phi) is 10.4. The average Bonchev–Trinajstić information content (AvgIpc) is 2.89. The minimum Gasteiger partial charge on any atom is -0.495 e. The Bertz CT molecular complexity index is 1410. The molecule has 4 rings (SSSR count). The third kappa shape index (κ3) is 5.67. The van der Waals surface area contributed by atoms with Gasteiger partial charge in [-0.25, -0.2) is 0 Å².